The molecule has 2 aromatic rings. The average Bonchev–Trinajstić information content (AvgIpc) is 2.95. The van der Waals surface area contributed by atoms with Gasteiger partial charge < -0.3 is 9.88 Å². The third kappa shape index (κ3) is 3.32. The Hall–Kier alpha value is -2.10. The fourth-order valence-electron chi connectivity index (χ4n) is 2.91. The number of fused-ring (bicyclic) bond motifs is 1. The summed E-state index contributed by atoms with van der Waals surface area (Å²) in [5, 5.41) is 3.08. The lowest BCUT2D eigenvalue weighted by molar-refractivity contribution is -0.120. The molecule has 0 spiro atoms. The Balaban J connectivity index is 1.50. The molecule has 1 amide bonds. The van der Waals surface area contributed by atoms with Gasteiger partial charge >= 0.3 is 0 Å². The van der Waals surface area contributed by atoms with E-state index in [-0.39, 0.29) is 5.91 Å². The van der Waals surface area contributed by atoms with Crippen molar-refractivity contribution in [1.29, 1.82) is 0 Å². The molecule has 0 fully saturated rings. The number of carbonyl (C=O) groups excluding carboxylic acids is 1. The minimum absolute atomic E-state index is 0.112. The van der Waals surface area contributed by atoms with E-state index >= 15 is 0 Å². The first kappa shape index (κ1) is 13.9. The summed E-state index contributed by atoms with van der Waals surface area (Å²) < 4.78 is 2.20. The predicted molar refractivity (Wildman–Crippen MR) is 81.9 cm³/mol. The zero-order chi connectivity index (χ0) is 14.7. The smallest absolute Gasteiger partial charge is 0.224 e. The normalized spacial score (nSPS) is 17.3. The summed E-state index contributed by atoms with van der Waals surface area (Å²) >= 11 is 0. The van der Waals surface area contributed by atoms with Crippen LogP contribution >= 0.6 is 0 Å². The lowest BCUT2D eigenvalue weighted by atomic mass is 9.99. The van der Waals surface area contributed by atoms with Crippen LogP contribution in [0.15, 0.2) is 36.7 Å². The molecule has 1 aromatic heterocycles. The summed E-state index contributed by atoms with van der Waals surface area (Å²) in [4.78, 5) is 16.4. The van der Waals surface area contributed by atoms with E-state index in [4.69, 9.17) is 0 Å². The molecule has 3 rings (SSSR count). The van der Waals surface area contributed by atoms with Gasteiger partial charge in [-0.1, -0.05) is 24.3 Å². The Labute approximate surface area is 125 Å². The topological polar surface area (TPSA) is 46.9 Å². The molecule has 1 aliphatic rings. The highest BCUT2D eigenvalue weighted by Gasteiger charge is 2.19. The molecule has 0 unspecified atom stereocenters. The number of hydrogen-bond acceptors (Lipinski definition) is 2. The van der Waals surface area contributed by atoms with Crippen LogP contribution in [0.5, 0.6) is 0 Å². The van der Waals surface area contributed by atoms with Gasteiger partial charge in [-0.05, 0) is 30.4 Å². The Morgan fingerprint density at radius 3 is 3.14 bits per heavy atom. The van der Waals surface area contributed by atoms with E-state index in [0.717, 1.165) is 37.3 Å². The highest BCUT2D eigenvalue weighted by atomic mass is 16.1. The number of benzene rings is 1. The molecular weight excluding hydrogens is 262 g/mol. The summed E-state index contributed by atoms with van der Waals surface area (Å²) in [6.07, 6.45) is 6.45. The number of carbonyl (C=O) groups is 1. The zero-order valence-corrected chi connectivity index (χ0v) is 12.4. The molecule has 0 saturated carbocycles. The first-order chi connectivity index (χ1) is 10.2. The molecule has 21 heavy (non-hydrogen) atoms. The van der Waals surface area contributed by atoms with Gasteiger partial charge in [0.1, 0.15) is 5.82 Å². The Bertz CT molecular complexity index is 632. The fourth-order valence-corrected chi connectivity index (χ4v) is 2.91. The number of hydrogen-bond donors (Lipinski definition) is 1. The number of aromatic nitrogens is 2. The van der Waals surface area contributed by atoms with Gasteiger partial charge in [0.05, 0.1) is 6.42 Å². The molecule has 0 aliphatic carbocycles. The third-order valence-electron chi connectivity index (χ3n) is 4.23. The van der Waals surface area contributed by atoms with Crippen molar-refractivity contribution in [3.63, 3.8) is 0 Å². The molecule has 4 nitrogen and oxygen atoms in total. The van der Waals surface area contributed by atoms with Crippen molar-refractivity contribution in [2.75, 3.05) is 6.54 Å². The minimum atomic E-state index is 0.112. The Morgan fingerprint density at radius 1 is 1.43 bits per heavy atom. The second-order valence-corrected chi connectivity index (χ2v) is 5.81. The van der Waals surface area contributed by atoms with Crippen molar-refractivity contribution in [2.45, 2.75) is 32.7 Å². The molecule has 4 heteroatoms. The maximum Gasteiger partial charge on any atom is 0.224 e. The van der Waals surface area contributed by atoms with Crippen LogP contribution in [0, 0.1) is 12.8 Å². The predicted octanol–water partition coefficient (Wildman–Crippen LogP) is 2.11. The fraction of sp³-hybridized carbons (Fsp3) is 0.412. The molecule has 110 valence electrons. The second-order valence-electron chi connectivity index (χ2n) is 5.81. The van der Waals surface area contributed by atoms with Gasteiger partial charge in [0.25, 0.3) is 0 Å². The third-order valence-corrected chi connectivity index (χ3v) is 4.23. The van der Waals surface area contributed by atoms with Crippen LogP contribution in [-0.4, -0.2) is 22.0 Å². The highest BCUT2D eigenvalue weighted by molar-refractivity contribution is 5.78. The number of amides is 1. The molecule has 1 aliphatic heterocycles. The van der Waals surface area contributed by atoms with Gasteiger partial charge in [0.2, 0.25) is 5.91 Å². The number of nitrogens with one attached hydrogen (secondary N) is 1. The highest BCUT2D eigenvalue weighted by Crippen LogP contribution is 2.18. The molecule has 2 heterocycles. The van der Waals surface area contributed by atoms with Gasteiger partial charge in [-0.25, -0.2) is 4.98 Å². The van der Waals surface area contributed by atoms with Crippen molar-refractivity contribution < 1.29 is 4.79 Å². The van der Waals surface area contributed by atoms with Gasteiger partial charge in [-0.15, -0.1) is 0 Å². The van der Waals surface area contributed by atoms with Crippen LogP contribution in [0.4, 0.5) is 0 Å². The maximum atomic E-state index is 12.1. The molecule has 0 radical (unpaired) electrons. The Kier molecular flexibility index (Phi) is 4.04. The van der Waals surface area contributed by atoms with Crippen molar-refractivity contribution >= 4 is 5.91 Å². The second kappa shape index (κ2) is 6.12. The van der Waals surface area contributed by atoms with Crippen LogP contribution in [0.1, 0.15) is 23.4 Å². The molecule has 1 aromatic carbocycles. The van der Waals surface area contributed by atoms with Gasteiger partial charge in [0, 0.05) is 31.9 Å². The molecule has 1 atom stereocenters. The van der Waals surface area contributed by atoms with Crippen molar-refractivity contribution in [3.8, 4) is 0 Å². The average molecular weight is 283 g/mol. The number of aryl methyl sites for hydroxylation is 2. The molecule has 0 saturated heterocycles. The summed E-state index contributed by atoms with van der Waals surface area (Å²) in [5.74, 6) is 1.78. The maximum absolute atomic E-state index is 12.1. The minimum Gasteiger partial charge on any atom is -0.355 e. The standard InChI is InChI=1S/C17H21N3O/c1-13-4-2-3-5-15(13)10-17(21)19-11-14-6-7-16-18-8-9-20(16)12-14/h2-5,8-9,14H,6-7,10-12H2,1H3,(H,19,21)/t14-/m0/s1. The molecule has 0 bridgehead atoms. The van der Waals surface area contributed by atoms with Crippen LogP contribution in [0.2, 0.25) is 0 Å². The van der Waals surface area contributed by atoms with Crippen LogP contribution in [0.25, 0.3) is 0 Å². The number of nitrogens with zero attached hydrogens (tertiary/aromatic N) is 2. The monoisotopic (exact) mass is 283 g/mol. The van der Waals surface area contributed by atoms with E-state index in [1.54, 1.807) is 0 Å². The Morgan fingerprint density at radius 2 is 2.29 bits per heavy atom. The lowest BCUT2D eigenvalue weighted by Crippen LogP contribution is -2.34. The van der Waals surface area contributed by atoms with Crippen molar-refractivity contribution in [2.24, 2.45) is 5.92 Å². The number of imidazole rings is 1. The zero-order valence-electron chi connectivity index (χ0n) is 12.4. The van der Waals surface area contributed by atoms with E-state index in [1.165, 1.54) is 5.56 Å². The first-order valence-electron chi connectivity index (χ1n) is 7.53. The lowest BCUT2D eigenvalue weighted by Gasteiger charge is -2.24. The summed E-state index contributed by atoms with van der Waals surface area (Å²) in [5.41, 5.74) is 2.28. The van der Waals surface area contributed by atoms with Crippen LogP contribution in [0.3, 0.4) is 0 Å². The number of rotatable bonds is 4. The van der Waals surface area contributed by atoms with Gasteiger partial charge in [-0.3, -0.25) is 4.79 Å². The van der Waals surface area contributed by atoms with E-state index in [0.29, 0.717) is 12.3 Å². The van der Waals surface area contributed by atoms with E-state index in [1.807, 2.05) is 43.6 Å². The van der Waals surface area contributed by atoms with E-state index in [9.17, 15) is 4.79 Å². The van der Waals surface area contributed by atoms with Gasteiger partial charge in [-0.2, -0.15) is 0 Å². The molecular formula is C17H21N3O. The quantitative estimate of drug-likeness (QED) is 0.934. The summed E-state index contributed by atoms with van der Waals surface area (Å²) in [6, 6.07) is 8.05. The first-order valence-corrected chi connectivity index (χ1v) is 7.53. The summed E-state index contributed by atoms with van der Waals surface area (Å²) in [7, 11) is 0. The largest absolute Gasteiger partial charge is 0.355 e. The van der Waals surface area contributed by atoms with Crippen molar-refractivity contribution in [1.82, 2.24) is 14.9 Å². The van der Waals surface area contributed by atoms with Crippen molar-refractivity contribution in [3.05, 3.63) is 53.6 Å². The van der Waals surface area contributed by atoms with Crippen LogP contribution in [-0.2, 0) is 24.2 Å². The van der Waals surface area contributed by atoms with E-state index < -0.39 is 0 Å². The van der Waals surface area contributed by atoms with Crippen LogP contribution < -0.4 is 5.32 Å². The summed E-state index contributed by atoms with van der Waals surface area (Å²) in [6.45, 7) is 3.76. The molecule has 1 N–H and O–H groups in total. The van der Waals surface area contributed by atoms with E-state index in [2.05, 4.69) is 14.9 Å². The van der Waals surface area contributed by atoms with Gasteiger partial charge in [0.15, 0.2) is 0 Å². The SMILES string of the molecule is Cc1ccccc1CC(=O)NC[C@@H]1CCc2nccn2C1.